The van der Waals surface area contributed by atoms with Gasteiger partial charge in [0.2, 0.25) is 5.91 Å². The van der Waals surface area contributed by atoms with E-state index in [1.165, 1.54) is 0 Å². The molecule has 0 radical (unpaired) electrons. The van der Waals surface area contributed by atoms with Crippen molar-refractivity contribution in [2.45, 2.75) is 25.5 Å². The zero-order chi connectivity index (χ0) is 18.4. The zero-order valence-electron chi connectivity index (χ0n) is 15.3. The molecular formula is C21H25NO4. The van der Waals surface area contributed by atoms with Gasteiger partial charge in [0.1, 0.15) is 6.61 Å². The highest BCUT2D eigenvalue weighted by Crippen LogP contribution is 2.36. The van der Waals surface area contributed by atoms with E-state index in [0.29, 0.717) is 18.1 Å². The van der Waals surface area contributed by atoms with Gasteiger partial charge in [0, 0.05) is 6.54 Å². The Kier molecular flexibility index (Phi) is 6.12. The van der Waals surface area contributed by atoms with E-state index < -0.39 is 0 Å². The minimum Gasteiger partial charge on any atom is -0.493 e. The number of likely N-dealkylation sites (tertiary alicyclic amines) is 1. The molecule has 5 heteroatoms. The summed E-state index contributed by atoms with van der Waals surface area (Å²) in [5.41, 5.74) is 2.13. The van der Waals surface area contributed by atoms with Gasteiger partial charge >= 0.3 is 0 Å². The third-order valence-corrected chi connectivity index (χ3v) is 4.70. The minimum atomic E-state index is 0.0261. The summed E-state index contributed by atoms with van der Waals surface area (Å²) in [7, 11) is 3.24. The molecule has 0 spiro atoms. The number of rotatable bonds is 7. The minimum absolute atomic E-state index is 0.0261. The Morgan fingerprint density at radius 3 is 2.58 bits per heavy atom. The van der Waals surface area contributed by atoms with Crippen LogP contribution in [0.2, 0.25) is 0 Å². The number of carbonyl (C=O) groups excluding carboxylic acids is 1. The quantitative estimate of drug-likeness (QED) is 0.762. The zero-order valence-corrected chi connectivity index (χ0v) is 15.3. The molecule has 2 aromatic rings. The SMILES string of the molecule is COc1ccc(C2CCCN2C(=O)COCc2ccccc2)cc1OC. The predicted molar refractivity (Wildman–Crippen MR) is 99.3 cm³/mol. The van der Waals surface area contributed by atoms with Crippen LogP contribution in [0.1, 0.15) is 30.0 Å². The number of carbonyl (C=O) groups is 1. The van der Waals surface area contributed by atoms with Crippen molar-refractivity contribution >= 4 is 5.91 Å². The fourth-order valence-electron chi connectivity index (χ4n) is 3.39. The van der Waals surface area contributed by atoms with Crippen LogP contribution in [0.5, 0.6) is 11.5 Å². The average molecular weight is 355 g/mol. The molecule has 1 fully saturated rings. The largest absolute Gasteiger partial charge is 0.493 e. The first-order valence-electron chi connectivity index (χ1n) is 8.86. The third-order valence-electron chi connectivity index (χ3n) is 4.70. The van der Waals surface area contributed by atoms with E-state index in [9.17, 15) is 4.79 Å². The molecule has 1 aliphatic heterocycles. The topological polar surface area (TPSA) is 48.0 Å². The Hall–Kier alpha value is -2.53. The molecule has 1 amide bonds. The van der Waals surface area contributed by atoms with Gasteiger partial charge in [-0.15, -0.1) is 0 Å². The van der Waals surface area contributed by atoms with Crippen LogP contribution in [-0.4, -0.2) is 38.2 Å². The highest BCUT2D eigenvalue weighted by atomic mass is 16.5. The second-order valence-corrected chi connectivity index (χ2v) is 6.34. The molecule has 26 heavy (non-hydrogen) atoms. The molecule has 5 nitrogen and oxygen atoms in total. The first-order valence-corrected chi connectivity index (χ1v) is 8.86. The summed E-state index contributed by atoms with van der Waals surface area (Å²) in [6.45, 7) is 1.30. The molecular weight excluding hydrogens is 330 g/mol. The van der Waals surface area contributed by atoms with Crippen molar-refractivity contribution in [2.24, 2.45) is 0 Å². The molecule has 138 valence electrons. The molecule has 0 aliphatic carbocycles. The summed E-state index contributed by atoms with van der Waals surface area (Å²) in [6, 6.07) is 15.8. The van der Waals surface area contributed by atoms with E-state index in [-0.39, 0.29) is 18.6 Å². The number of methoxy groups -OCH3 is 2. The molecule has 0 aromatic heterocycles. The Morgan fingerprint density at radius 1 is 1.08 bits per heavy atom. The van der Waals surface area contributed by atoms with Crippen molar-refractivity contribution in [1.82, 2.24) is 4.90 Å². The van der Waals surface area contributed by atoms with Crippen LogP contribution in [0.4, 0.5) is 0 Å². The number of nitrogens with zero attached hydrogens (tertiary/aromatic N) is 1. The van der Waals surface area contributed by atoms with Gasteiger partial charge in [0.05, 0.1) is 26.9 Å². The summed E-state index contributed by atoms with van der Waals surface area (Å²) >= 11 is 0. The Bertz CT molecular complexity index is 732. The Balaban J connectivity index is 1.63. The number of hydrogen-bond donors (Lipinski definition) is 0. The molecule has 1 aliphatic rings. The molecule has 1 saturated heterocycles. The maximum atomic E-state index is 12.6. The predicted octanol–water partition coefficient (Wildman–Crippen LogP) is 3.58. The van der Waals surface area contributed by atoms with Crippen LogP contribution >= 0.6 is 0 Å². The van der Waals surface area contributed by atoms with Crippen LogP contribution in [0.3, 0.4) is 0 Å². The summed E-state index contributed by atoms with van der Waals surface area (Å²) in [4.78, 5) is 14.6. The highest BCUT2D eigenvalue weighted by molar-refractivity contribution is 5.78. The average Bonchev–Trinajstić information content (AvgIpc) is 3.18. The maximum Gasteiger partial charge on any atom is 0.249 e. The number of hydrogen-bond acceptors (Lipinski definition) is 4. The molecule has 1 unspecified atom stereocenters. The number of amides is 1. The molecule has 0 N–H and O–H groups in total. The summed E-state index contributed by atoms with van der Waals surface area (Å²) < 4.78 is 16.3. The van der Waals surface area contributed by atoms with E-state index in [0.717, 1.165) is 30.5 Å². The van der Waals surface area contributed by atoms with Gasteiger partial charge in [-0.05, 0) is 36.1 Å². The maximum absolute atomic E-state index is 12.6. The first kappa shape index (κ1) is 18.3. The first-order chi connectivity index (χ1) is 12.7. The number of ether oxygens (including phenoxy) is 3. The van der Waals surface area contributed by atoms with Gasteiger partial charge in [-0.25, -0.2) is 0 Å². The van der Waals surface area contributed by atoms with Crippen molar-refractivity contribution in [3.8, 4) is 11.5 Å². The fourth-order valence-corrected chi connectivity index (χ4v) is 3.39. The smallest absolute Gasteiger partial charge is 0.249 e. The molecule has 1 heterocycles. The van der Waals surface area contributed by atoms with Gasteiger partial charge in [-0.2, -0.15) is 0 Å². The van der Waals surface area contributed by atoms with Crippen molar-refractivity contribution in [2.75, 3.05) is 27.4 Å². The van der Waals surface area contributed by atoms with Crippen molar-refractivity contribution < 1.29 is 19.0 Å². The lowest BCUT2D eigenvalue weighted by molar-refractivity contribution is -0.137. The van der Waals surface area contributed by atoms with Gasteiger partial charge in [-0.1, -0.05) is 36.4 Å². The van der Waals surface area contributed by atoms with Crippen LogP contribution in [-0.2, 0) is 16.1 Å². The van der Waals surface area contributed by atoms with E-state index >= 15 is 0 Å². The number of benzene rings is 2. The second-order valence-electron chi connectivity index (χ2n) is 6.34. The highest BCUT2D eigenvalue weighted by Gasteiger charge is 2.30. The molecule has 0 saturated carbocycles. The van der Waals surface area contributed by atoms with Gasteiger partial charge in [0.25, 0.3) is 0 Å². The van der Waals surface area contributed by atoms with E-state index in [2.05, 4.69) is 0 Å². The van der Waals surface area contributed by atoms with E-state index in [1.54, 1.807) is 14.2 Å². The molecule has 3 rings (SSSR count). The van der Waals surface area contributed by atoms with Crippen molar-refractivity contribution in [3.05, 3.63) is 59.7 Å². The van der Waals surface area contributed by atoms with Gasteiger partial charge in [0.15, 0.2) is 11.5 Å². The van der Waals surface area contributed by atoms with Crippen LogP contribution in [0.15, 0.2) is 48.5 Å². The fraction of sp³-hybridized carbons (Fsp3) is 0.381. The van der Waals surface area contributed by atoms with Crippen LogP contribution < -0.4 is 9.47 Å². The standard InChI is InChI=1S/C21H25NO4/c1-24-19-11-10-17(13-20(19)25-2)18-9-6-12-22(18)21(23)15-26-14-16-7-4-3-5-8-16/h3-5,7-8,10-11,13,18H,6,9,12,14-15H2,1-2H3. The lowest BCUT2D eigenvalue weighted by Gasteiger charge is -2.25. The van der Waals surface area contributed by atoms with Crippen molar-refractivity contribution in [1.29, 1.82) is 0 Å². The van der Waals surface area contributed by atoms with Gasteiger partial charge < -0.3 is 19.1 Å². The van der Waals surface area contributed by atoms with E-state index in [4.69, 9.17) is 14.2 Å². The summed E-state index contributed by atoms with van der Waals surface area (Å²) in [5.74, 6) is 1.40. The molecule has 1 atom stereocenters. The van der Waals surface area contributed by atoms with Gasteiger partial charge in [-0.3, -0.25) is 4.79 Å². The van der Waals surface area contributed by atoms with Crippen LogP contribution in [0, 0.1) is 0 Å². The Morgan fingerprint density at radius 2 is 1.85 bits per heavy atom. The lowest BCUT2D eigenvalue weighted by Crippen LogP contribution is -2.33. The van der Waals surface area contributed by atoms with Crippen molar-refractivity contribution in [3.63, 3.8) is 0 Å². The van der Waals surface area contributed by atoms with E-state index in [1.807, 2.05) is 53.4 Å². The normalized spacial score (nSPS) is 16.5. The van der Waals surface area contributed by atoms with Crippen LogP contribution in [0.25, 0.3) is 0 Å². The second kappa shape index (κ2) is 8.72. The molecule has 2 aromatic carbocycles. The Labute approximate surface area is 154 Å². The summed E-state index contributed by atoms with van der Waals surface area (Å²) in [6.07, 6.45) is 1.93. The lowest BCUT2D eigenvalue weighted by atomic mass is 10.0. The summed E-state index contributed by atoms with van der Waals surface area (Å²) in [5, 5.41) is 0. The molecule has 0 bridgehead atoms. The monoisotopic (exact) mass is 355 g/mol. The third kappa shape index (κ3) is 4.17.